The Morgan fingerprint density at radius 3 is 2.53 bits per heavy atom. The Hall–Kier alpha value is -1.68. The van der Waals surface area contributed by atoms with Gasteiger partial charge in [0, 0.05) is 17.2 Å². The average molecular weight is 252 g/mol. The number of benzene rings is 1. The molecule has 4 nitrogen and oxygen atoms in total. The number of nitrogen functional groups attached to an aromatic ring is 1. The maximum atomic E-state index is 6.06. The van der Waals surface area contributed by atoms with E-state index in [1.807, 2.05) is 26.0 Å². The van der Waals surface area contributed by atoms with Crippen molar-refractivity contribution in [3.8, 4) is 11.4 Å². The molecule has 17 heavy (non-hydrogen) atoms. The molecule has 0 aliphatic rings. The molecule has 0 atom stereocenters. The van der Waals surface area contributed by atoms with Gasteiger partial charge in [0.25, 0.3) is 0 Å². The van der Waals surface area contributed by atoms with Gasteiger partial charge in [0.15, 0.2) is 0 Å². The molecule has 0 unspecified atom stereocenters. The number of nitrogens with two attached hydrogens (primary N) is 1. The van der Waals surface area contributed by atoms with E-state index in [9.17, 15) is 0 Å². The molecule has 0 aliphatic carbocycles. The molecular formula is C12H14ClN3O. The van der Waals surface area contributed by atoms with Crippen LogP contribution in [0.4, 0.5) is 5.82 Å². The number of rotatable bonds is 2. The quantitative estimate of drug-likeness (QED) is 0.893. The van der Waals surface area contributed by atoms with E-state index in [1.54, 1.807) is 17.9 Å². The van der Waals surface area contributed by atoms with Crippen molar-refractivity contribution in [2.24, 2.45) is 0 Å². The SMILES string of the molecule is COc1cc(Cl)c(C)cc1-n1nc(C)cc1N. The second-order valence-electron chi connectivity index (χ2n) is 3.90. The number of ether oxygens (including phenoxy) is 1. The molecule has 2 aromatic rings. The third kappa shape index (κ3) is 2.08. The van der Waals surface area contributed by atoms with Crippen LogP contribution in [0.25, 0.3) is 5.69 Å². The Kier molecular flexibility index (Phi) is 2.98. The normalized spacial score (nSPS) is 10.6. The van der Waals surface area contributed by atoms with Crippen molar-refractivity contribution < 1.29 is 4.74 Å². The summed E-state index contributed by atoms with van der Waals surface area (Å²) in [5.41, 5.74) is 8.50. The zero-order valence-electron chi connectivity index (χ0n) is 9.99. The molecule has 0 fully saturated rings. The molecule has 0 radical (unpaired) electrons. The fraction of sp³-hybridized carbons (Fsp3) is 0.250. The van der Waals surface area contributed by atoms with E-state index < -0.39 is 0 Å². The molecular weight excluding hydrogens is 238 g/mol. The molecule has 1 aromatic heterocycles. The second kappa shape index (κ2) is 4.30. The van der Waals surface area contributed by atoms with Crippen LogP contribution in [0.1, 0.15) is 11.3 Å². The van der Waals surface area contributed by atoms with Gasteiger partial charge in [-0.25, -0.2) is 4.68 Å². The van der Waals surface area contributed by atoms with Crippen LogP contribution in [0.2, 0.25) is 5.02 Å². The first-order valence-electron chi connectivity index (χ1n) is 5.19. The lowest BCUT2D eigenvalue weighted by Crippen LogP contribution is -2.04. The summed E-state index contributed by atoms with van der Waals surface area (Å²) < 4.78 is 6.95. The van der Waals surface area contributed by atoms with Crippen LogP contribution >= 0.6 is 11.6 Å². The van der Waals surface area contributed by atoms with Crippen LogP contribution in [-0.2, 0) is 0 Å². The topological polar surface area (TPSA) is 53.1 Å². The largest absolute Gasteiger partial charge is 0.494 e. The minimum atomic E-state index is 0.572. The van der Waals surface area contributed by atoms with Gasteiger partial charge >= 0.3 is 0 Å². The highest BCUT2D eigenvalue weighted by atomic mass is 35.5. The van der Waals surface area contributed by atoms with E-state index in [0.29, 0.717) is 16.6 Å². The molecule has 0 saturated heterocycles. The molecule has 0 aliphatic heterocycles. The summed E-state index contributed by atoms with van der Waals surface area (Å²) in [4.78, 5) is 0. The molecule has 0 spiro atoms. The monoisotopic (exact) mass is 251 g/mol. The van der Waals surface area contributed by atoms with Gasteiger partial charge in [0.1, 0.15) is 17.3 Å². The minimum Gasteiger partial charge on any atom is -0.494 e. The summed E-state index contributed by atoms with van der Waals surface area (Å²) in [7, 11) is 1.59. The van der Waals surface area contributed by atoms with Gasteiger partial charge in [-0.1, -0.05) is 11.6 Å². The number of methoxy groups -OCH3 is 1. The first kappa shape index (κ1) is 11.8. The predicted molar refractivity (Wildman–Crippen MR) is 69.0 cm³/mol. The van der Waals surface area contributed by atoms with Crippen LogP contribution in [-0.4, -0.2) is 16.9 Å². The van der Waals surface area contributed by atoms with Gasteiger partial charge in [-0.3, -0.25) is 0 Å². The maximum Gasteiger partial charge on any atom is 0.146 e. The van der Waals surface area contributed by atoms with Crippen LogP contribution in [0.15, 0.2) is 18.2 Å². The standard InChI is InChI=1S/C12H14ClN3O/c1-7-4-10(11(17-3)6-9(7)13)16-12(14)5-8(2)15-16/h4-6H,14H2,1-3H3. The van der Waals surface area contributed by atoms with Gasteiger partial charge < -0.3 is 10.5 Å². The number of anilines is 1. The van der Waals surface area contributed by atoms with Crippen molar-refractivity contribution in [3.05, 3.63) is 34.5 Å². The smallest absolute Gasteiger partial charge is 0.146 e. The number of halogens is 1. The van der Waals surface area contributed by atoms with Crippen molar-refractivity contribution >= 4 is 17.4 Å². The first-order valence-corrected chi connectivity index (χ1v) is 5.57. The van der Waals surface area contributed by atoms with Gasteiger partial charge in [-0.15, -0.1) is 0 Å². The molecule has 2 N–H and O–H groups in total. The van der Waals surface area contributed by atoms with Crippen LogP contribution in [0.3, 0.4) is 0 Å². The van der Waals surface area contributed by atoms with Crippen molar-refractivity contribution in [1.29, 1.82) is 0 Å². The molecule has 90 valence electrons. The van der Waals surface area contributed by atoms with Crippen molar-refractivity contribution in [2.75, 3.05) is 12.8 Å². The lowest BCUT2D eigenvalue weighted by Gasteiger charge is -2.12. The molecule has 2 rings (SSSR count). The summed E-state index contributed by atoms with van der Waals surface area (Å²) in [6, 6.07) is 5.48. The van der Waals surface area contributed by atoms with Crippen molar-refractivity contribution in [3.63, 3.8) is 0 Å². The summed E-state index contributed by atoms with van der Waals surface area (Å²) in [5.74, 6) is 1.22. The predicted octanol–water partition coefficient (Wildman–Crippen LogP) is 2.73. The van der Waals surface area contributed by atoms with Crippen LogP contribution in [0.5, 0.6) is 5.75 Å². The highest BCUT2D eigenvalue weighted by Crippen LogP contribution is 2.30. The number of hydrogen-bond acceptors (Lipinski definition) is 3. The maximum absolute atomic E-state index is 6.06. The minimum absolute atomic E-state index is 0.572. The Labute approximate surface area is 105 Å². The Morgan fingerprint density at radius 2 is 2.00 bits per heavy atom. The zero-order chi connectivity index (χ0) is 12.6. The molecule has 1 heterocycles. The van der Waals surface area contributed by atoms with E-state index in [1.165, 1.54) is 0 Å². The lowest BCUT2D eigenvalue weighted by molar-refractivity contribution is 0.412. The highest BCUT2D eigenvalue weighted by molar-refractivity contribution is 6.31. The van der Waals surface area contributed by atoms with E-state index in [4.69, 9.17) is 22.1 Å². The van der Waals surface area contributed by atoms with Gasteiger partial charge in [-0.2, -0.15) is 5.10 Å². The molecule has 0 bridgehead atoms. The summed E-state index contributed by atoms with van der Waals surface area (Å²) in [6.07, 6.45) is 0. The van der Waals surface area contributed by atoms with E-state index in [0.717, 1.165) is 16.9 Å². The average Bonchev–Trinajstić information content (AvgIpc) is 2.61. The number of aromatic nitrogens is 2. The highest BCUT2D eigenvalue weighted by Gasteiger charge is 2.12. The number of nitrogens with zero attached hydrogens (tertiary/aromatic N) is 2. The molecule has 0 amide bonds. The van der Waals surface area contributed by atoms with Gasteiger partial charge in [0.05, 0.1) is 12.8 Å². The number of hydrogen-bond donors (Lipinski definition) is 1. The third-order valence-corrected chi connectivity index (χ3v) is 2.95. The summed E-state index contributed by atoms with van der Waals surface area (Å²) >= 11 is 6.06. The fourth-order valence-electron chi connectivity index (χ4n) is 1.69. The zero-order valence-corrected chi connectivity index (χ0v) is 10.7. The molecule has 0 saturated carbocycles. The van der Waals surface area contributed by atoms with Crippen LogP contribution < -0.4 is 10.5 Å². The molecule has 5 heteroatoms. The Bertz CT molecular complexity index is 563. The Morgan fingerprint density at radius 1 is 1.29 bits per heavy atom. The summed E-state index contributed by atoms with van der Waals surface area (Å²) in [6.45, 7) is 3.82. The second-order valence-corrected chi connectivity index (χ2v) is 4.30. The van der Waals surface area contributed by atoms with Crippen LogP contribution in [0, 0.1) is 13.8 Å². The first-order chi connectivity index (χ1) is 8.02. The van der Waals surface area contributed by atoms with Crippen molar-refractivity contribution in [2.45, 2.75) is 13.8 Å². The molecule has 1 aromatic carbocycles. The summed E-state index contributed by atoms with van der Waals surface area (Å²) in [5, 5.41) is 4.99. The van der Waals surface area contributed by atoms with E-state index >= 15 is 0 Å². The van der Waals surface area contributed by atoms with Gasteiger partial charge in [-0.05, 0) is 25.5 Å². The lowest BCUT2D eigenvalue weighted by atomic mass is 10.2. The fourth-order valence-corrected chi connectivity index (χ4v) is 1.84. The number of aryl methyl sites for hydroxylation is 2. The van der Waals surface area contributed by atoms with Gasteiger partial charge in [0.2, 0.25) is 0 Å². The van der Waals surface area contributed by atoms with E-state index in [-0.39, 0.29) is 0 Å². The van der Waals surface area contributed by atoms with E-state index in [2.05, 4.69) is 5.10 Å². The van der Waals surface area contributed by atoms with Crippen molar-refractivity contribution in [1.82, 2.24) is 9.78 Å². The Balaban J connectivity index is 2.66. The third-order valence-electron chi connectivity index (χ3n) is 2.55.